The Labute approximate surface area is 174 Å². The Morgan fingerprint density at radius 1 is 1.17 bits per heavy atom. The number of urea groups is 1. The summed E-state index contributed by atoms with van der Waals surface area (Å²) in [6, 6.07) is 6.09. The van der Waals surface area contributed by atoms with E-state index in [1.54, 1.807) is 52.0 Å². The number of hydrogen-bond donors (Lipinski definition) is 2. The van der Waals surface area contributed by atoms with E-state index in [0.29, 0.717) is 30.8 Å². The number of hydrogen-bond acceptors (Lipinski definition) is 7. The van der Waals surface area contributed by atoms with Crippen molar-refractivity contribution in [3.05, 3.63) is 36.0 Å². The summed E-state index contributed by atoms with van der Waals surface area (Å²) in [6.07, 6.45) is 2.15. The van der Waals surface area contributed by atoms with Gasteiger partial charge >= 0.3 is 23.9 Å². The van der Waals surface area contributed by atoms with Gasteiger partial charge in [-0.2, -0.15) is 0 Å². The second-order valence-corrected chi connectivity index (χ2v) is 7.35. The zero-order valence-electron chi connectivity index (χ0n) is 17.6. The van der Waals surface area contributed by atoms with E-state index in [1.807, 2.05) is 0 Å². The number of benzene rings is 1. The van der Waals surface area contributed by atoms with Crippen molar-refractivity contribution in [1.29, 1.82) is 0 Å². The minimum absolute atomic E-state index is 0.133. The number of nitrogens with one attached hydrogen (secondary N) is 2. The maximum Gasteiger partial charge on any atom is 0.338 e. The number of nitrogens with zero attached hydrogens (tertiary/aromatic N) is 2. The fraction of sp³-hybridized carbons (Fsp3) is 0.450. The standard InChI is InChI=1S/C20H26N4O6/c1-5-28-18(26)14-8-10-15(11-9-14)24-13-16(30-23-24)22-19(27)21-12-6-7-17(25)29-20(2,3)4/h8-11,13H,5-7,12H2,1-4H3,(H-,21,22,23,27)/p+1. The van der Waals surface area contributed by atoms with Crippen LogP contribution in [-0.2, 0) is 14.3 Å². The molecule has 0 aliphatic carbocycles. The first kappa shape index (κ1) is 22.9. The van der Waals surface area contributed by atoms with Gasteiger partial charge in [0, 0.05) is 25.1 Å². The summed E-state index contributed by atoms with van der Waals surface area (Å²) >= 11 is 0. The zero-order chi connectivity index (χ0) is 22.1. The molecule has 2 N–H and O–H groups in total. The lowest BCUT2D eigenvalue weighted by atomic mass is 10.2. The number of ether oxygens (including phenoxy) is 2. The molecule has 30 heavy (non-hydrogen) atoms. The van der Waals surface area contributed by atoms with Gasteiger partial charge in [-0.05, 0) is 50.9 Å². The minimum atomic E-state index is -0.525. The number of amides is 2. The largest absolute Gasteiger partial charge is 0.462 e. The van der Waals surface area contributed by atoms with E-state index in [0.717, 1.165) is 0 Å². The summed E-state index contributed by atoms with van der Waals surface area (Å²) in [6.45, 7) is 7.74. The van der Waals surface area contributed by atoms with Crippen molar-refractivity contribution in [1.82, 2.24) is 10.6 Å². The first-order chi connectivity index (χ1) is 14.2. The van der Waals surface area contributed by atoms with Crippen molar-refractivity contribution >= 4 is 23.9 Å². The van der Waals surface area contributed by atoms with Crippen molar-refractivity contribution in [2.75, 3.05) is 18.5 Å². The van der Waals surface area contributed by atoms with Gasteiger partial charge in [-0.25, -0.2) is 9.59 Å². The molecular weight excluding hydrogens is 392 g/mol. The number of rotatable bonds is 8. The fourth-order valence-corrected chi connectivity index (χ4v) is 2.37. The van der Waals surface area contributed by atoms with Gasteiger partial charge < -0.3 is 14.8 Å². The Morgan fingerprint density at radius 2 is 1.87 bits per heavy atom. The quantitative estimate of drug-likeness (QED) is 0.382. The third-order valence-electron chi connectivity index (χ3n) is 3.61. The normalized spacial score (nSPS) is 10.9. The van der Waals surface area contributed by atoms with Crippen LogP contribution in [0.15, 0.2) is 35.0 Å². The Balaban J connectivity index is 1.79. The monoisotopic (exact) mass is 419 g/mol. The summed E-state index contributed by atoms with van der Waals surface area (Å²) in [5, 5.41) is 8.96. The summed E-state index contributed by atoms with van der Waals surface area (Å²) in [5.41, 5.74) is 0.536. The average Bonchev–Trinajstić information content (AvgIpc) is 3.12. The smallest absolute Gasteiger partial charge is 0.338 e. The molecular formula is C20H27N4O6+. The molecule has 0 saturated heterocycles. The van der Waals surface area contributed by atoms with Gasteiger partial charge in [0.05, 0.1) is 12.2 Å². The average molecular weight is 419 g/mol. The number of carbonyl (C=O) groups is 3. The van der Waals surface area contributed by atoms with E-state index in [1.165, 1.54) is 10.9 Å². The Hall–Kier alpha value is -3.43. The molecule has 0 aliphatic rings. The molecule has 1 aromatic heterocycles. The summed E-state index contributed by atoms with van der Waals surface area (Å²) in [5.74, 6) is -0.580. The van der Waals surface area contributed by atoms with E-state index in [4.69, 9.17) is 14.0 Å². The van der Waals surface area contributed by atoms with Crippen LogP contribution in [0.1, 0.15) is 50.9 Å². The Bertz CT molecular complexity index is 870. The lowest BCUT2D eigenvalue weighted by Crippen LogP contribution is -2.32. The van der Waals surface area contributed by atoms with E-state index in [-0.39, 0.29) is 18.3 Å². The second-order valence-electron chi connectivity index (χ2n) is 7.35. The molecule has 0 fully saturated rings. The van der Waals surface area contributed by atoms with Crippen LogP contribution >= 0.6 is 0 Å². The third-order valence-corrected chi connectivity index (χ3v) is 3.61. The molecule has 0 saturated carbocycles. The molecule has 0 spiro atoms. The van der Waals surface area contributed by atoms with Crippen molar-refractivity contribution in [2.45, 2.75) is 46.1 Å². The molecule has 1 aromatic carbocycles. The van der Waals surface area contributed by atoms with Gasteiger partial charge in [-0.15, -0.1) is 0 Å². The predicted octanol–water partition coefficient (Wildman–Crippen LogP) is 2.37. The van der Waals surface area contributed by atoms with Crippen molar-refractivity contribution in [3.63, 3.8) is 0 Å². The molecule has 0 aliphatic heterocycles. The summed E-state index contributed by atoms with van der Waals surface area (Å²) in [7, 11) is 0. The maximum absolute atomic E-state index is 11.9. The topological polar surface area (TPSA) is 124 Å². The number of esters is 2. The number of carbonyl (C=O) groups excluding carboxylic acids is 3. The van der Waals surface area contributed by atoms with Crippen LogP contribution in [0.25, 0.3) is 5.69 Å². The van der Waals surface area contributed by atoms with E-state index >= 15 is 0 Å². The van der Waals surface area contributed by atoms with E-state index in [2.05, 4.69) is 15.9 Å². The highest BCUT2D eigenvalue weighted by atomic mass is 16.6. The summed E-state index contributed by atoms with van der Waals surface area (Å²) in [4.78, 5) is 35.2. The molecule has 1 heterocycles. The van der Waals surface area contributed by atoms with Gasteiger partial charge in [0.15, 0.2) is 0 Å². The third kappa shape index (κ3) is 7.53. The van der Waals surface area contributed by atoms with Gasteiger partial charge in [0.2, 0.25) is 11.0 Å². The molecule has 162 valence electrons. The fourth-order valence-electron chi connectivity index (χ4n) is 2.37. The Kier molecular flexibility index (Phi) is 7.90. The number of aromatic nitrogens is 2. The van der Waals surface area contributed by atoms with Crippen LogP contribution in [0.5, 0.6) is 0 Å². The molecule has 10 nitrogen and oxygen atoms in total. The van der Waals surface area contributed by atoms with E-state index < -0.39 is 17.6 Å². The van der Waals surface area contributed by atoms with Crippen LogP contribution in [0.4, 0.5) is 10.7 Å². The molecule has 0 radical (unpaired) electrons. The molecule has 10 heteroatoms. The molecule has 0 atom stereocenters. The van der Waals surface area contributed by atoms with E-state index in [9.17, 15) is 14.4 Å². The molecule has 2 rings (SSSR count). The second kappa shape index (κ2) is 10.4. The highest BCUT2D eigenvalue weighted by molar-refractivity contribution is 5.89. The van der Waals surface area contributed by atoms with Crippen molar-refractivity contribution < 1.29 is 33.1 Å². The number of anilines is 1. The van der Waals surface area contributed by atoms with Crippen molar-refractivity contribution in [3.8, 4) is 5.69 Å². The first-order valence-corrected chi connectivity index (χ1v) is 9.61. The molecule has 2 amide bonds. The summed E-state index contributed by atoms with van der Waals surface area (Å²) < 4.78 is 16.6. The maximum atomic E-state index is 11.9. The Morgan fingerprint density at radius 3 is 2.50 bits per heavy atom. The van der Waals surface area contributed by atoms with Crippen LogP contribution in [0, 0.1) is 0 Å². The van der Waals surface area contributed by atoms with Gasteiger partial charge in [-0.1, -0.05) is 0 Å². The van der Waals surface area contributed by atoms with Gasteiger partial charge in [0.25, 0.3) is 6.20 Å². The highest BCUT2D eigenvalue weighted by Crippen LogP contribution is 2.09. The SMILES string of the molecule is CCOC(=O)c1ccc(-[n+]2cc(NC(=O)NCCCC(=O)OC(C)(C)C)on2)cc1. The van der Waals surface area contributed by atoms with Crippen LogP contribution in [0.3, 0.4) is 0 Å². The van der Waals surface area contributed by atoms with Gasteiger partial charge in [-0.3, -0.25) is 14.6 Å². The zero-order valence-corrected chi connectivity index (χ0v) is 17.6. The lowest BCUT2D eigenvalue weighted by Gasteiger charge is -2.19. The highest BCUT2D eigenvalue weighted by Gasteiger charge is 2.18. The van der Waals surface area contributed by atoms with Crippen LogP contribution in [-0.4, -0.2) is 42.0 Å². The van der Waals surface area contributed by atoms with Gasteiger partial charge in [0.1, 0.15) is 5.60 Å². The predicted molar refractivity (Wildman–Crippen MR) is 106 cm³/mol. The first-order valence-electron chi connectivity index (χ1n) is 9.61. The molecule has 2 aromatic rings. The molecule has 0 bridgehead atoms. The molecule has 0 unspecified atom stereocenters. The minimum Gasteiger partial charge on any atom is -0.462 e. The van der Waals surface area contributed by atoms with Crippen LogP contribution in [0.2, 0.25) is 0 Å². The lowest BCUT2D eigenvalue weighted by molar-refractivity contribution is -0.670. The van der Waals surface area contributed by atoms with Crippen molar-refractivity contribution in [2.24, 2.45) is 0 Å². The van der Waals surface area contributed by atoms with Crippen LogP contribution < -0.4 is 15.3 Å².